The van der Waals surface area contributed by atoms with E-state index in [2.05, 4.69) is 4.90 Å². The number of esters is 1. The van der Waals surface area contributed by atoms with Crippen LogP contribution in [0.5, 0.6) is 0 Å². The van der Waals surface area contributed by atoms with Crippen molar-refractivity contribution < 1.29 is 13.9 Å². The molecule has 2 aromatic rings. The first-order chi connectivity index (χ1) is 10.1. The minimum absolute atomic E-state index is 0.355. The Hall–Kier alpha value is -2.11. The molecule has 1 aromatic carbocycles. The molecule has 0 aliphatic heterocycles. The summed E-state index contributed by atoms with van der Waals surface area (Å²) in [4.78, 5) is 13.6. The smallest absolute Gasteiger partial charge is 0.337 e. The van der Waals surface area contributed by atoms with E-state index in [1.165, 1.54) is 7.11 Å². The summed E-state index contributed by atoms with van der Waals surface area (Å²) in [5.41, 5.74) is 6.88. The molecule has 0 saturated heterocycles. The van der Waals surface area contributed by atoms with Gasteiger partial charge in [-0.05, 0) is 31.3 Å². The summed E-state index contributed by atoms with van der Waals surface area (Å²) in [7, 11) is 3.36. The summed E-state index contributed by atoms with van der Waals surface area (Å²) in [6.07, 6.45) is 0. The van der Waals surface area contributed by atoms with Crippen molar-refractivity contribution >= 4 is 5.97 Å². The molecule has 0 aliphatic rings. The molecule has 5 nitrogen and oxygen atoms in total. The third-order valence-electron chi connectivity index (χ3n) is 3.17. The summed E-state index contributed by atoms with van der Waals surface area (Å²) >= 11 is 0. The lowest BCUT2D eigenvalue weighted by Gasteiger charge is -2.12. The van der Waals surface area contributed by atoms with Gasteiger partial charge in [0.1, 0.15) is 11.5 Å². The summed E-state index contributed by atoms with van der Waals surface area (Å²) < 4.78 is 10.5. The van der Waals surface area contributed by atoms with Gasteiger partial charge in [-0.15, -0.1) is 0 Å². The molecule has 1 heterocycles. The first-order valence-electron chi connectivity index (χ1n) is 6.80. The van der Waals surface area contributed by atoms with Crippen LogP contribution in [0.2, 0.25) is 0 Å². The van der Waals surface area contributed by atoms with Crippen LogP contribution in [0.3, 0.4) is 0 Å². The van der Waals surface area contributed by atoms with Crippen molar-refractivity contribution in [1.82, 2.24) is 4.90 Å². The summed E-state index contributed by atoms with van der Waals surface area (Å²) in [5, 5.41) is 0. The average molecular weight is 288 g/mol. The maximum absolute atomic E-state index is 11.5. The fourth-order valence-corrected chi connectivity index (χ4v) is 2.10. The highest BCUT2D eigenvalue weighted by atomic mass is 16.5. The molecule has 0 atom stereocenters. The SMILES string of the molecule is COC(=O)c1cccc(-c2ccc(CN(C)CCN)o2)c1. The zero-order chi connectivity index (χ0) is 15.2. The number of nitrogens with zero attached hydrogens (tertiary/aromatic N) is 1. The molecule has 0 saturated carbocycles. The van der Waals surface area contributed by atoms with Gasteiger partial charge in [-0.2, -0.15) is 0 Å². The molecule has 0 bridgehead atoms. The molecule has 112 valence electrons. The number of nitrogens with two attached hydrogens (primary N) is 1. The lowest BCUT2D eigenvalue weighted by molar-refractivity contribution is 0.0601. The Kier molecular flexibility index (Phi) is 5.14. The van der Waals surface area contributed by atoms with Crippen molar-refractivity contribution in [2.75, 3.05) is 27.2 Å². The van der Waals surface area contributed by atoms with Crippen LogP contribution in [0.15, 0.2) is 40.8 Å². The molecular formula is C16H20N2O3. The number of hydrogen-bond donors (Lipinski definition) is 1. The Balaban J connectivity index is 2.16. The van der Waals surface area contributed by atoms with Crippen molar-refractivity contribution in [1.29, 1.82) is 0 Å². The van der Waals surface area contributed by atoms with Crippen LogP contribution in [0.4, 0.5) is 0 Å². The van der Waals surface area contributed by atoms with Crippen LogP contribution < -0.4 is 5.73 Å². The van der Waals surface area contributed by atoms with Crippen molar-refractivity contribution in [3.05, 3.63) is 47.7 Å². The number of hydrogen-bond acceptors (Lipinski definition) is 5. The van der Waals surface area contributed by atoms with Crippen molar-refractivity contribution in [2.45, 2.75) is 6.54 Å². The molecule has 0 fully saturated rings. The normalized spacial score (nSPS) is 10.9. The van der Waals surface area contributed by atoms with Gasteiger partial charge in [-0.3, -0.25) is 4.90 Å². The van der Waals surface area contributed by atoms with Gasteiger partial charge in [0.2, 0.25) is 0 Å². The van der Waals surface area contributed by atoms with Crippen molar-refractivity contribution in [3.63, 3.8) is 0 Å². The molecule has 2 rings (SSSR count). The second kappa shape index (κ2) is 7.06. The van der Waals surface area contributed by atoms with E-state index in [-0.39, 0.29) is 5.97 Å². The number of carbonyl (C=O) groups excluding carboxylic acids is 1. The monoisotopic (exact) mass is 288 g/mol. The fourth-order valence-electron chi connectivity index (χ4n) is 2.10. The first kappa shape index (κ1) is 15.3. The minimum atomic E-state index is -0.355. The number of methoxy groups -OCH3 is 1. The lowest BCUT2D eigenvalue weighted by atomic mass is 10.1. The van der Waals surface area contributed by atoms with E-state index >= 15 is 0 Å². The van der Waals surface area contributed by atoms with Crippen LogP contribution in [0.25, 0.3) is 11.3 Å². The van der Waals surface area contributed by atoms with Crippen LogP contribution in [0.1, 0.15) is 16.1 Å². The number of likely N-dealkylation sites (N-methyl/N-ethyl adjacent to an activating group) is 1. The molecule has 21 heavy (non-hydrogen) atoms. The van der Waals surface area contributed by atoms with Gasteiger partial charge in [0, 0.05) is 18.7 Å². The molecule has 0 aliphatic carbocycles. The summed E-state index contributed by atoms with van der Waals surface area (Å²) in [5.74, 6) is 1.24. The largest absolute Gasteiger partial charge is 0.465 e. The standard InChI is InChI=1S/C16H20N2O3/c1-18(9-8-17)11-14-6-7-15(21-14)12-4-3-5-13(10-12)16(19)20-2/h3-7,10H,8-9,11,17H2,1-2H3. The number of ether oxygens (including phenoxy) is 1. The van der Waals surface area contributed by atoms with Gasteiger partial charge >= 0.3 is 5.97 Å². The summed E-state index contributed by atoms with van der Waals surface area (Å²) in [6.45, 7) is 2.13. The van der Waals surface area contributed by atoms with E-state index in [1.807, 2.05) is 31.3 Å². The average Bonchev–Trinajstić information content (AvgIpc) is 2.95. The van der Waals surface area contributed by atoms with E-state index in [0.29, 0.717) is 18.7 Å². The predicted molar refractivity (Wildman–Crippen MR) is 80.9 cm³/mol. The van der Waals surface area contributed by atoms with E-state index in [4.69, 9.17) is 14.9 Å². The Bertz CT molecular complexity index is 607. The van der Waals surface area contributed by atoms with Crippen LogP contribution in [-0.2, 0) is 11.3 Å². The van der Waals surface area contributed by atoms with E-state index in [1.54, 1.807) is 12.1 Å². The molecule has 2 N–H and O–H groups in total. The Labute approximate surface area is 124 Å². The Morgan fingerprint density at radius 3 is 2.86 bits per heavy atom. The second-order valence-electron chi connectivity index (χ2n) is 4.86. The van der Waals surface area contributed by atoms with Crippen molar-refractivity contribution in [2.24, 2.45) is 5.73 Å². The minimum Gasteiger partial charge on any atom is -0.465 e. The molecule has 0 amide bonds. The Morgan fingerprint density at radius 2 is 2.14 bits per heavy atom. The van der Waals surface area contributed by atoms with E-state index < -0.39 is 0 Å². The quantitative estimate of drug-likeness (QED) is 0.825. The molecule has 0 unspecified atom stereocenters. The Morgan fingerprint density at radius 1 is 1.33 bits per heavy atom. The van der Waals surface area contributed by atoms with Gasteiger partial charge in [-0.1, -0.05) is 12.1 Å². The van der Waals surface area contributed by atoms with Gasteiger partial charge in [0.25, 0.3) is 0 Å². The number of furan rings is 1. The van der Waals surface area contributed by atoms with Crippen LogP contribution in [-0.4, -0.2) is 38.1 Å². The molecular weight excluding hydrogens is 268 g/mol. The fraction of sp³-hybridized carbons (Fsp3) is 0.312. The first-order valence-corrected chi connectivity index (χ1v) is 6.80. The summed E-state index contributed by atoms with van der Waals surface area (Å²) in [6, 6.07) is 11.0. The maximum Gasteiger partial charge on any atom is 0.337 e. The maximum atomic E-state index is 11.5. The highest BCUT2D eigenvalue weighted by Crippen LogP contribution is 2.24. The topological polar surface area (TPSA) is 68.7 Å². The molecule has 5 heteroatoms. The molecule has 0 radical (unpaired) electrons. The number of rotatable bonds is 6. The third-order valence-corrected chi connectivity index (χ3v) is 3.17. The van der Waals surface area contributed by atoms with Crippen LogP contribution in [0, 0.1) is 0 Å². The zero-order valence-electron chi connectivity index (χ0n) is 12.3. The third kappa shape index (κ3) is 3.93. The molecule has 0 spiro atoms. The zero-order valence-corrected chi connectivity index (χ0v) is 12.3. The number of benzene rings is 1. The lowest BCUT2D eigenvalue weighted by Crippen LogP contribution is -2.24. The molecule has 1 aromatic heterocycles. The predicted octanol–water partition coefficient (Wildman–Crippen LogP) is 2.12. The second-order valence-corrected chi connectivity index (χ2v) is 4.86. The van der Waals surface area contributed by atoms with Gasteiger partial charge < -0.3 is 14.9 Å². The van der Waals surface area contributed by atoms with Crippen molar-refractivity contribution in [3.8, 4) is 11.3 Å². The number of carbonyl (C=O) groups is 1. The highest BCUT2D eigenvalue weighted by molar-refractivity contribution is 5.90. The van der Waals surface area contributed by atoms with E-state index in [9.17, 15) is 4.79 Å². The van der Waals surface area contributed by atoms with E-state index in [0.717, 1.165) is 23.6 Å². The van der Waals surface area contributed by atoms with Gasteiger partial charge in [0.05, 0.1) is 19.2 Å². The highest BCUT2D eigenvalue weighted by Gasteiger charge is 2.10. The van der Waals surface area contributed by atoms with Gasteiger partial charge in [-0.25, -0.2) is 4.79 Å². The van der Waals surface area contributed by atoms with Crippen LogP contribution >= 0.6 is 0 Å². The van der Waals surface area contributed by atoms with Gasteiger partial charge in [0.15, 0.2) is 0 Å².